The molecular weight excluding hydrogens is 390 g/mol. The van der Waals surface area contributed by atoms with Crippen LogP contribution < -0.4 is 14.2 Å². The van der Waals surface area contributed by atoms with Gasteiger partial charge in [0.25, 0.3) is 0 Å². The predicted octanol–water partition coefficient (Wildman–Crippen LogP) is 1.40. The minimum absolute atomic E-state index is 0.0353. The molecular formula is C18H25NO8S. The van der Waals surface area contributed by atoms with Crippen LogP contribution in [0.25, 0.3) is 0 Å². The van der Waals surface area contributed by atoms with Gasteiger partial charge in [0.15, 0.2) is 18.1 Å². The Labute approximate surface area is 164 Å². The number of nitrogens with one attached hydrogen (secondary N) is 1. The maximum Gasteiger partial charge on any atom is 0.344 e. The Bertz CT molecular complexity index is 813. The summed E-state index contributed by atoms with van der Waals surface area (Å²) in [5.74, 6) is -0.373. The molecule has 0 amide bonds. The summed E-state index contributed by atoms with van der Waals surface area (Å²) in [4.78, 5) is 23.1. The lowest BCUT2D eigenvalue weighted by atomic mass is 10.2. The fraction of sp³-hybridized carbons (Fsp3) is 0.556. The van der Waals surface area contributed by atoms with Crippen molar-refractivity contribution in [2.75, 3.05) is 26.4 Å². The summed E-state index contributed by atoms with van der Waals surface area (Å²) < 4.78 is 47.6. The number of carbonyl (C=O) groups excluding carboxylic acids is 2. The molecule has 10 heteroatoms. The van der Waals surface area contributed by atoms with Gasteiger partial charge in [-0.25, -0.2) is 17.9 Å². The fourth-order valence-corrected chi connectivity index (χ4v) is 3.39. The van der Waals surface area contributed by atoms with Gasteiger partial charge in [0.2, 0.25) is 10.0 Å². The maximum atomic E-state index is 12.3. The van der Waals surface area contributed by atoms with E-state index in [-0.39, 0.29) is 24.3 Å². The molecule has 0 radical (unpaired) electrons. The van der Waals surface area contributed by atoms with Crippen LogP contribution in [0.1, 0.15) is 33.6 Å². The summed E-state index contributed by atoms with van der Waals surface area (Å²) in [6.07, 6.45) is 0.184. The highest BCUT2D eigenvalue weighted by Crippen LogP contribution is 2.32. The summed E-state index contributed by atoms with van der Waals surface area (Å²) >= 11 is 0. The Hall–Kier alpha value is -2.33. The molecule has 0 saturated heterocycles. The molecule has 0 spiro atoms. The number of fused-ring (bicyclic) bond motifs is 1. The van der Waals surface area contributed by atoms with Gasteiger partial charge in [0, 0.05) is 19.0 Å². The summed E-state index contributed by atoms with van der Waals surface area (Å²) in [5.41, 5.74) is -0.657. The van der Waals surface area contributed by atoms with Crippen LogP contribution in [0, 0.1) is 0 Å². The minimum atomic E-state index is -3.75. The van der Waals surface area contributed by atoms with E-state index >= 15 is 0 Å². The van der Waals surface area contributed by atoms with E-state index in [2.05, 4.69) is 4.72 Å². The number of rotatable bonds is 8. The van der Waals surface area contributed by atoms with Crippen molar-refractivity contribution in [2.24, 2.45) is 0 Å². The van der Waals surface area contributed by atoms with Crippen LogP contribution in [0.5, 0.6) is 11.5 Å². The summed E-state index contributed by atoms with van der Waals surface area (Å²) in [6, 6.07) is 4.36. The highest BCUT2D eigenvalue weighted by molar-refractivity contribution is 7.89. The third-order valence-corrected chi connectivity index (χ3v) is 4.90. The molecule has 0 aromatic heterocycles. The third kappa shape index (κ3) is 7.01. The first kappa shape index (κ1) is 22.0. The first-order chi connectivity index (χ1) is 13.1. The number of benzene rings is 1. The van der Waals surface area contributed by atoms with E-state index in [9.17, 15) is 18.0 Å². The van der Waals surface area contributed by atoms with Crippen molar-refractivity contribution >= 4 is 22.0 Å². The van der Waals surface area contributed by atoms with Crippen LogP contribution >= 0.6 is 0 Å². The predicted molar refractivity (Wildman–Crippen MR) is 98.7 cm³/mol. The standard InChI is InChI=1S/C18H25NO8S/c1-18(2,3)27-17(21)12-26-16(20)5-4-8-19-28(22,23)13-6-7-14-15(11-13)25-10-9-24-14/h6-7,11,19H,4-5,8-10,12H2,1-3H3. The normalized spacial score (nSPS) is 13.7. The highest BCUT2D eigenvalue weighted by atomic mass is 32.2. The van der Waals surface area contributed by atoms with Crippen LogP contribution in [-0.4, -0.2) is 52.3 Å². The summed E-state index contributed by atoms with van der Waals surface area (Å²) in [6.45, 7) is 5.47. The Balaban J connectivity index is 1.73. The van der Waals surface area contributed by atoms with Gasteiger partial charge in [0.05, 0.1) is 4.90 Å². The van der Waals surface area contributed by atoms with E-state index in [0.717, 1.165) is 0 Å². The van der Waals surface area contributed by atoms with Gasteiger partial charge in [-0.1, -0.05) is 0 Å². The van der Waals surface area contributed by atoms with Crippen molar-refractivity contribution in [1.82, 2.24) is 4.72 Å². The molecule has 0 unspecified atom stereocenters. The number of ether oxygens (including phenoxy) is 4. The zero-order valence-electron chi connectivity index (χ0n) is 16.1. The SMILES string of the molecule is CC(C)(C)OC(=O)COC(=O)CCCNS(=O)(=O)c1ccc2c(c1)OCCO2. The zero-order valence-corrected chi connectivity index (χ0v) is 17.0. The summed E-state index contributed by atoms with van der Waals surface area (Å²) in [7, 11) is -3.75. The van der Waals surface area contributed by atoms with Gasteiger partial charge >= 0.3 is 11.9 Å². The van der Waals surface area contributed by atoms with Gasteiger partial charge in [-0.05, 0) is 39.3 Å². The van der Waals surface area contributed by atoms with Crippen molar-refractivity contribution in [1.29, 1.82) is 0 Å². The Morgan fingerprint density at radius 1 is 1.11 bits per heavy atom. The number of hydrogen-bond donors (Lipinski definition) is 1. The maximum absolute atomic E-state index is 12.3. The van der Waals surface area contributed by atoms with Gasteiger partial charge in [0.1, 0.15) is 18.8 Å². The Morgan fingerprint density at radius 2 is 1.79 bits per heavy atom. The second kappa shape index (κ2) is 9.24. The van der Waals surface area contributed by atoms with Crippen LogP contribution in [0.4, 0.5) is 0 Å². The molecule has 0 aliphatic carbocycles. The van der Waals surface area contributed by atoms with Gasteiger partial charge < -0.3 is 18.9 Å². The lowest BCUT2D eigenvalue weighted by molar-refractivity contribution is -0.166. The van der Waals surface area contributed by atoms with Crippen LogP contribution in [0.15, 0.2) is 23.1 Å². The molecule has 1 aromatic rings. The average molecular weight is 415 g/mol. The number of carbonyl (C=O) groups is 2. The number of esters is 2. The smallest absolute Gasteiger partial charge is 0.344 e. The molecule has 1 aliphatic rings. The van der Waals surface area contributed by atoms with E-state index in [1.54, 1.807) is 20.8 Å². The van der Waals surface area contributed by atoms with E-state index in [1.807, 2.05) is 0 Å². The van der Waals surface area contributed by atoms with Crippen LogP contribution in [-0.2, 0) is 29.1 Å². The molecule has 1 N–H and O–H groups in total. The summed E-state index contributed by atoms with van der Waals surface area (Å²) in [5, 5.41) is 0. The van der Waals surface area contributed by atoms with Crippen molar-refractivity contribution in [2.45, 2.75) is 44.1 Å². The molecule has 28 heavy (non-hydrogen) atoms. The second-order valence-corrected chi connectivity index (χ2v) is 8.82. The Kier molecular flexibility index (Phi) is 7.25. The van der Waals surface area contributed by atoms with E-state index in [1.165, 1.54) is 18.2 Å². The van der Waals surface area contributed by atoms with Crippen molar-refractivity contribution in [3.05, 3.63) is 18.2 Å². The minimum Gasteiger partial charge on any atom is -0.486 e. The van der Waals surface area contributed by atoms with Gasteiger partial charge in [-0.2, -0.15) is 0 Å². The molecule has 0 bridgehead atoms. The zero-order chi connectivity index (χ0) is 20.8. The van der Waals surface area contributed by atoms with Crippen molar-refractivity contribution in [3.63, 3.8) is 0 Å². The van der Waals surface area contributed by atoms with Crippen molar-refractivity contribution in [3.8, 4) is 11.5 Å². The van der Waals surface area contributed by atoms with E-state index < -0.39 is 34.2 Å². The van der Waals surface area contributed by atoms with Crippen LogP contribution in [0.2, 0.25) is 0 Å². The first-order valence-corrected chi connectivity index (χ1v) is 10.3. The molecule has 1 aliphatic heterocycles. The monoisotopic (exact) mass is 415 g/mol. The van der Waals surface area contributed by atoms with Gasteiger partial charge in [-0.15, -0.1) is 0 Å². The topological polar surface area (TPSA) is 117 Å². The largest absolute Gasteiger partial charge is 0.486 e. The highest BCUT2D eigenvalue weighted by Gasteiger charge is 2.20. The van der Waals surface area contributed by atoms with Gasteiger partial charge in [-0.3, -0.25) is 4.79 Å². The molecule has 0 atom stereocenters. The average Bonchev–Trinajstić information content (AvgIpc) is 2.62. The fourth-order valence-electron chi connectivity index (χ4n) is 2.30. The Morgan fingerprint density at radius 3 is 2.46 bits per heavy atom. The lowest BCUT2D eigenvalue weighted by Crippen LogP contribution is -2.28. The molecule has 1 heterocycles. The second-order valence-electron chi connectivity index (χ2n) is 7.05. The molecule has 0 saturated carbocycles. The molecule has 156 valence electrons. The molecule has 9 nitrogen and oxygen atoms in total. The van der Waals surface area contributed by atoms with E-state index in [0.29, 0.717) is 24.7 Å². The van der Waals surface area contributed by atoms with E-state index in [4.69, 9.17) is 18.9 Å². The lowest BCUT2D eigenvalue weighted by Gasteiger charge is -2.19. The van der Waals surface area contributed by atoms with Crippen molar-refractivity contribution < 1.29 is 37.0 Å². The molecule has 2 rings (SSSR count). The number of sulfonamides is 1. The molecule has 1 aromatic carbocycles. The quantitative estimate of drug-likeness (QED) is 0.500. The third-order valence-electron chi connectivity index (χ3n) is 3.44. The molecule has 0 fully saturated rings. The number of hydrogen-bond acceptors (Lipinski definition) is 8. The first-order valence-electron chi connectivity index (χ1n) is 8.84. The van der Waals surface area contributed by atoms with Crippen LogP contribution in [0.3, 0.4) is 0 Å².